The molecule has 5 nitrogen and oxygen atoms in total. The molecular formula is C6H10O5. The molecule has 11 heavy (non-hydrogen) atoms. The average molecular weight is 162 g/mol. The first-order chi connectivity index (χ1) is 5.24. The number of hydrogen-bond acceptors (Lipinski definition) is 5. The van der Waals surface area contributed by atoms with Gasteiger partial charge in [0.05, 0.1) is 6.61 Å². The largest absolute Gasteiger partial charge is 0.394 e. The van der Waals surface area contributed by atoms with E-state index in [-0.39, 0.29) is 18.8 Å². The second-order valence-electron chi connectivity index (χ2n) is 2.80. The zero-order valence-corrected chi connectivity index (χ0v) is 5.75. The molecule has 2 saturated heterocycles. The molecule has 2 rings (SSSR count). The number of hydrogen-bond donors (Lipinski definition) is 3. The number of ether oxygens (including phenoxy) is 2. The Kier molecular flexibility index (Phi) is 1.62. The highest BCUT2D eigenvalue weighted by Gasteiger charge is 2.56. The highest BCUT2D eigenvalue weighted by molar-refractivity contribution is 5.00. The molecule has 0 spiro atoms. The van der Waals surface area contributed by atoms with E-state index in [1.807, 2.05) is 0 Å². The molecule has 0 amide bonds. The molecule has 0 bridgehead atoms. The molecule has 0 aliphatic carbocycles. The van der Waals surface area contributed by atoms with Crippen LogP contribution in [0, 0.1) is 0 Å². The maximum atomic E-state index is 9.12. The van der Waals surface area contributed by atoms with Crippen molar-refractivity contribution in [1.29, 1.82) is 0 Å². The van der Waals surface area contributed by atoms with Crippen molar-refractivity contribution in [3.63, 3.8) is 0 Å². The van der Waals surface area contributed by atoms with Gasteiger partial charge in [0.1, 0.15) is 24.4 Å². The van der Waals surface area contributed by atoms with Crippen molar-refractivity contribution in [2.45, 2.75) is 30.7 Å². The Labute approximate surface area is 63.2 Å². The third kappa shape index (κ3) is 1.05. The van der Waals surface area contributed by atoms with Crippen molar-refractivity contribution in [3.05, 3.63) is 0 Å². The smallest absolute Gasteiger partial charge is 0.184 e. The van der Waals surface area contributed by atoms with Gasteiger partial charge in [0.15, 0.2) is 6.29 Å². The Morgan fingerprint density at radius 2 is 1.82 bits per heavy atom. The molecule has 5 heteroatoms. The molecule has 2 aliphatic heterocycles. The molecule has 2 fully saturated rings. The minimum Gasteiger partial charge on any atom is -0.394 e. The summed E-state index contributed by atoms with van der Waals surface area (Å²) in [5.74, 6) is 0. The molecular weight excluding hydrogens is 152 g/mol. The van der Waals surface area contributed by atoms with E-state index in [2.05, 4.69) is 0 Å². The van der Waals surface area contributed by atoms with Gasteiger partial charge in [-0.25, -0.2) is 0 Å². The zero-order chi connectivity index (χ0) is 8.01. The fourth-order valence-electron chi connectivity index (χ4n) is 1.36. The van der Waals surface area contributed by atoms with Gasteiger partial charge in [0.2, 0.25) is 0 Å². The molecule has 0 aromatic heterocycles. The number of aliphatic hydroxyl groups is 3. The molecule has 0 saturated carbocycles. The lowest BCUT2D eigenvalue weighted by Gasteiger charge is -2.25. The Bertz CT molecular complexity index is 157. The van der Waals surface area contributed by atoms with Gasteiger partial charge in [-0.1, -0.05) is 0 Å². The molecule has 0 aromatic rings. The first-order valence-corrected chi connectivity index (χ1v) is 3.52. The Hall–Kier alpha value is -0.200. The Morgan fingerprint density at radius 3 is 2.45 bits per heavy atom. The normalized spacial score (nSPS) is 55.4. The monoisotopic (exact) mass is 162 g/mol. The van der Waals surface area contributed by atoms with E-state index in [0.717, 1.165) is 0 Å². The minimum absolute atomic E-state index is 0.190. The summed E-state index contributed by atoms with van der Waals surface area (Å²) in [4.78, 5) is 0. The van der Waals surface area contributed by atoms with Crippen LogP contribution in [0.4, 0.5) is 0 Å². The van der Waals surface area contributed by atoms with Gasteiger partial charge in [0, 0.05) is 0 Å². The lowest BCUT2D eigenvalue weighted by atomic mass is 10.1. The summed E-state index contributed by atoms with van der Waals surface area (Å²) >= 11 is 0. The molecule has 3 N–H and O–H groups in total. The van der Waals surface area contributed by atoms with E-state index in [1.54, 1.807) is 0 Å². The average Bonchev–Trinajstić information content (AvgIpc) is 2.76. The highest BCUT2D eigenvalue weighted by atomic mass is 16.7. The lowest BCUT2D eigenvalue weighted by molar-refractivity contribution is -0.209. The first kappa shape index (κ1) is 7.45. The van der Waals surface area contributed by atoms with E-state index in [4.69, 9.17) is 24.8 Å². The van der Waals surface area contributed by atoms with Crippen LogP contribution in [0.1, 0.15) is 0 Å². The van der Waals surface area contributed by atoms with Crippen LogP contribution < -0.4 is 0 Å². The number of fused-ring (bicyclic) bond motifs is 1. The third-order valence-corrected chi connectivity index (χ3v) is 2.05. The van der Waals surface area contributed by atoms with Gasteiger partial charge in [-0.2, -0.15) is 0 Å². The van der Waals surface area contributed by atoms with E-state index < -0.39 is 18.5 Å². The van der Waals surface area contributed by atoms with E-state index in [9.17, 15) is 0 Å². The predicted molar refractivity (Wildman–Crippen MR) is 32.6 cm³/mol. The van der Waals surface area contributed by atoms with Crippen LogP contribution in [0.15, 0.2) is 0 Å². The van der Waals surface area contributed by atoms with Gasteiger partial charge < -0.3 is 24.8 Å². The summed E-state index contributed by atoms with van der Waals surface area (Å²) in [7, 11) is 0. The lowest BCUT2D eigenvalue weighted by Crippen LogP contribution is -2.46. The summed E-state index contributed by atoms with van der Waals surface area (Å²) in [6, 6.07) is 0. The van der Waals surface area contributed by atoms with Gasteiger partial charge in [-0.15, -0.1) is 0 Å². The highest BCUT2D eigenvalue weighted by Crippen LogP contribution is 2.36. The van der Waals surface area contributed by atoms with Gasteiger partial charge in [-0.05, 0) is 0 Å². The fourth-order valence-corrected chi connectivity index (χ4v) is 1.36. The predicted octanol–water partition coefficient (Wildman–Crippen LogP) is -2.18. The summed E-state index contributed by atoms with van der Waals surface area (Å²) in [5.41, 5.74) is 0. The van der Waals surface area contributed by atoms with Crippen LogP contribution in [0.3, 0.4) is 0 Å². The van der Waals surface area contributed by atoms with Gasteiger partial charge in [0.25, 0.3) is 0 Å². The van der Waals surface area contributed by atoms with E-state index in [0.29, 0.717) is 0 Å². The van der Waals surface area contributed by atoms with Gasteiger partial charge in [-0.3, -0.25) is 0 Å². The van der Waals surface area contributed by atoms with Crippen molar-refractivity contribution in [3.8, 4) is 0 Å². The minimum atomic E-state index is -1.23. The zero-order valence-electron chi connectivity index (χ0n) is 5.75. The van der Waals surface area contributed by atoms with Crippen molar-refractivity contribution in [1.82, 2.24) is 0 Å². The number of aliphatic hydroxyl groups excluding tert-OH is 3. The Balaban J connectivity index is 2.02. The molecule has 2 aliphatic rings. The molecule has 64 valence electrons. The maximum Gasteiger partial charge on any atom is 0.184 e. The SMILES string of the molecule is OCC1O[C@@H](O)C(O)C2O[C@H]12. The quantitative estimate of drug-likeness (QED) is 0.382. The maximum absolute atomic E-state index is 9.12. The topological polar surface area (TPSA) is 82.5 Å². The third-order valence-electron chi connectivity index (χ3n) is 2.05. The van der Waals surface area contributed by atoms with Crippen molar-refractivity contribution < 1.29 is 24.8 Å². The number of epoxide rings is 1. The van der Waals surface area contributed by atoms with Crippen LogP contribution in [0.25, 0.3) is 0 Å². The molecule has 2 heterocycles. The standard InChI is InChI=1S/C6H10O5/c7-1-2-4-5(11-4)3(8)6(9)10-2/h2-9H,1H2/t2?,3?,4-,5?,6-/m1/s1. The van der Waals surface area contributed by atoms with Crippen LogP contribution in [-0.4, -0.2) is 52.6 Å². The van der Waals surface area contributed by atoms with Crippen LogP contribution in [0.2, 0.25) is 0 Å². The van der Waals surface area contributed by atoms with E-state index in [1.165, 1.54) is 0 Å². The first-order valence-electron chi connectivity index (χ1n) is 3.52. The van der Waals surface area contributed by atoms with Crippen molar-refractivity contribution in [2.24, 2.45) is 0 Å². The van der Waals surface area contributed by atoms with Crippen LogP contribution in [0.5, 0.6) is 0 Å². The van der Waals surface area contributed by atoms with Crippen LogP contribution in [-0.2, 0) is 9.47 Å². The summed E-state index contributed by atoms with van der Waals surface area (Å²) in [6.07, 6.45) is -3.27. The van der Waals surface area contributed by atoms with E-state index >= 15 is 0 Å². The number of rotatable bonds is 1. The summed E-state index contributed by atoms with van der Waals surface area (Å²) < 4.78 is 9.80. The second kappa shape index (κ2) is 2.40. The fraction of sp³-hybridized carbons (Fsp3) is 1.00. The molecule has 0 aromatic carbocycles. The Morgan fingerprint density at radius 1 is 1.09 bits per heavy atom. The molecule has 3 unspecified atom stereocenters. The second-order valence-corrected chi connectivity index (χ2v) is 2.80. The van der Waals surface area contributed by atoms with Crippen molar-refractivity contribution in [2.75, 3.05) is 6.61 Å². The molecule has 0 radical (unpaired) electrons. The summed E-state index contributed by atoms with van der Waals surface area (Å²) in [6.45, 7) is -0.190. The van der Waals surface area contributed by atoms with Crippen molar-refractivity contribution >= 4 is 0 Å². The van der Waals surface area contributed by atoms with Gasteiger partial charge >= 0.3 is 0 Å². The summed E-state index contributed by atoms with van der Waals surface area (Å²) in [5, 5.41) is 26.8. The molecule has 5 atom stereocenters. The van der Waals surface area contributed by atoms with Crippen LogP contribution >= 0.6 is 0 Å².